The number of amidine groups is 1. The topological polar surface area (TPSA) is 68.3 Å². The highest BCUT2D eigenvalue weighted by Crippen LogP contribution is 2.27. The Bertz CT molecular complexity index is 459. The van der Waals surface area contributed by atoms with E-state index in [4.69, 9.17) is 20.6 Å². The predicted octanol–water partition coefficient (Wildman–Crippen LogP) is 2.62. The lowest BCUT2D eigenvalue weighted by Crippen LogP contribution is -2.30. The molecule has 3 N–H and O–H groups in total. The number of rotatable bonds is 4. The van der Waals surface area contributed by atoms with Gasteiger partial charge in [0, 0.05) is 13.5 Å². The highest BCUT2D eigenvalue weighted by molar-refractivity contribution is 5.97. The number of benzene rings is 1. The second kappa shape index (κ2) is 6.06. The number of ether oxygens (including phenoxy) is 2. The van der Waals surface area contributed by atoms with Crippen LogP contribution in [0.5, 0.6) is 5.75 Å². The van der Waals surface area contributed by atoms with Crippen LogP contribution in [0.4, 0.5) is 0 Å². The Morgan fingerprint density at radius 2 is 2.05 bits per heavy atom. The minimum Gasteiger partial charge on any atom is -0.490 e. The van der Waals surface area contributed by atoms with Gasteiger partial charge in [-0.05, 0) is 38.3 Å². The first-order valence-corrected chi connectivity index (χ1v) is 6.74. The molecule has 0 aromatic heterocycles. The van der Waals surface area contributed by atoms with Gasteiger partial charge in [0.1, 0.15) is 17.7 Å². The van der Waals surface area contributed by atoms with Crippen LogP contribution in [0, 0.1) is 12.3 Å². The van der Waals surface area contributed by atoms with Crippen molar-refractivity contribution < 1.29 is 9.47 Å². The lowest BCUT2D eigenvalue weighted by atomic mass is 9.94. The van der Waals surface area contributed by atoms with Crippen molar-refractivity contribution in [2.24, 2.45) is 5.73 Å². The van der Waals surface area contributed by atoms with Crippen molar-refractivity contribution in [1.82, 2.24) is 0 Å². The molecule has 1 aliphatic carbocycles. The van der Waals surface area contributed by atoms with Crippen molar-refractivity contribution in [2.45, 2.75) is 44.8 Å². The molecule has 1 aromatic carbocycles. The lowest BCUT2D eigenvalue weighted by molar-refractivity contribution is 0.0209. The van der Waals surface area contributed by atoms with Gasteiger partial charge in [-0.1, -0.05) is 11.6 Å². The average molecular weight is 262 g/mol. The van der Waals surface area contributed by atoms with Crippen molar-refractivity contribution in [2.75, 3.05) is 7.11 Å². The van der Waals surface area contributed by atoms with Crippen molar-refractivity contribution in [3.05, 3.63) is 29.3 Å². The Labute approximate surface area is 114 Å². The number of nitrogens with two attached hydrogens (primary N) is 1. The van der Waals surface area contributed by atoms with Crippen LogP contribution in [0.2, 0.25) is 0 Å². The summed E-state index contributed by atoms with van der Waals surface area (Å²) in [6.45, 7) is 1.98. The second-order valence-electron chi connectivity index (χ2n) is 5.18. The third-order valence-corrected chi connectivity index (χ3v) is 3.63. The molecule has 2 unspecified atom stereocenters. The molecule has 0 heterocycles. The van der Waals surface area contributed by atoms with E-state index < -0.39 is 0 Å². The maximum atomic E-state index is 7.64. The highest BCUT2D eigenvalue weighted by Gasteiger charge is 2.24. The number of methoxy groups -OCH3 is 1. The molecule has 0 spiro atoms. The molecule has 4 heteroatoms. The molecule has 1 fully saturated rings. The van der Waals surface area contributed by atoms with Gasteiger partial charge in [-0.25, -0.2) is 0 Å². The summed E-state index contributed by atoms with van der Waals surface area (Å²) in [5.41, 5.74) is 7.38. The van der Waals surface area contributed by atoms with Gasteiger partial charge in [0.25, 0.3) is 0 Å². The molecule has 1 aromatic rings. The number of nitrogens with one attached hydrogen (secondary N) is 1. The van der Waals surface area contributed by atoms with Crippen molar-refractivity contribution in [3.63, 3.8) is 0 Å². The minimum absolute atomic E-state index is 0.0535. The van der Waals surface area contributed by atoms with Crippen LogP contribution >= 0.6 is 0 Å². The smallest absolute Gasteiger partial charge is 0.130 e. The van der Waals surface area contributed by atoms with Crippen molar-refractivity contribution in [1.29, 1.82) is 5.41 Å². The largest absolute Gasteiger partial charge is 0.490 e. The zero-order chi connectivity index (χ0) is 13.8. The van der Waals surface area contributed by atoms with Crippen LogP contribution in [0.25, 0.3) is 0 Å². The summed E-state index contributed by atoms with van der Waals surface area (Å²) in [5.74, 6) is 0.762. The van der Waals surface area contributed by atoms with E-state index in [0.29, 0.717) is 11.3 Å². The third kappa shape index (κ3) is 3.47. The third-order valence-electron chi connectivity index (χ3n) is 3.63. The number of nitrogen functional groups attached to an aromatic ring is 1. The predicted molar refractivity (Wildman–Crippen MR) is 75.9 cm³/mol. The zero-order valence-electron chi connectivity index (χ0n) is 11.6. The van der Waals surface area contributed by atoms with Crippen LogP contribution in [0.3, 0.4) is 0 Å². The molecule has 1 aliphatic rings. The first kappa shape index (κ1) is 13.9. The molecule has 0 amide bonds. The van der Waals surface area contributed by atoms with Gasteiger partial charge in [0.05, 0.1) is 11.7 Å². The standard InChI is InChI=1S/C15H22N2O2/c1-10-6-7-14(13(8-10)15(16)17)19-12-5-3-4-11(9-12)18-2/h6-8,11-12H,3-5,9H2,1-2H3,(H3,16,17). The van der Waals surface area contributed by atoms with Gasteiger partial charge in [0.2, 0.25) is 0 Å². The van der Waals surface area contributed by atoms with Crippen molar-refractivity contribution in [3.8, 4) is 5.75 Å². The van der Waals surface area contributed by atoms with Crippen LogP contribution in [-0.4, -0.2) is 25.2 Å². The molecular formula is C15H22N2O2. The number of aryl methyl sites for hydroxylation is 1. The Morgan fingerprint density at radius 3 is 2.74 bits per heavy atom. The molecule has 4 nitrogen and oxygen atoms in total. The summed E-state index contributed by atoms with van der Waals surface area (Å²) >= 11 is 0. The van der Waals surface area contributed by atoms with E-state index in [1.54, 1.807) is 7.11 Å². The summed E-state index contributed by atoms with van der Waals surface area (Å²) in [4.78, 5) is 0. The van der Waals surface area contributed by atoms with E-state index in [1.807, 2.05) is 25.1 Å². The quantitative estimate of drug-likeness (QED) is 0.647. The maximum Gasteiger partial charge on any atom is 0.130 e. The second-order valence-corrected chi connectivity index (χ2v) is 5.18. The fourth-order valence-electron chi connectivity index (χ4n) is 2.56. The molecule has 19 heavy (non-hydrogen) atoms. The Hall–Kier alpha value is -1.55. The van der Waals surface area contributed by atoms with Crippen LogP contribution in [0.15, 0.2) is 18.2 Å². The van der Waals surface area contributed by atoms with E-state index in [2.05, 4.69) is 0 Å². The van der Waals surface area contributed by atoms with Gasteiger partial charge < -0.3 is 15.2 Å². The monoisotopic (exact) mass is 262 g/mol. The van der Waals surface area contributed by atoms with Crippen LogP contribution < -0.4 is 10.5 Å². The van der Waals surface area contributed by atoms with Gasteiger partial charge in [-0.15, -0.1) is 0 Å². The SMILES string of the molecule is COC1CCCC(Oc2ccc(C)cc2C(=N)N)C1. The van der Waals surface area contributed by atoms with E-state index in [-0.39, 0.29) is 18.0 Å². The molecule has 0 saturated heterocycles. The van der Waals surface area contributed by atoms with Gasteiger partial charge in [-0.2, -0.15) is 0 Å². The highest BCUT2D eigenvalue weighted by atomic mass is 16.5. The first-order valence-electron chi connectivity index (χ1n) is 6.74. The molecular weight excluding hydrogens is 240 g/mol. The molecule has 2 atom stereocenters. The first-order chi connectivity index (χ1) is 9.10. The summed E-state index contributed by atoms with van der Waals surface area (Å²) in [7, 11) is 1.75. The Morgan fingerprint density at radius 1 is 1.32 bits per heavy atom. The van der Waals surface area contributed by atoms with Crippen LogP contribution in [-0.2, 0) is 4.74 Å². The normalized spacial score (nSPS) is 23.1. The fraction of sp³-hybridized carbons (Fsp3) is 0.533. The summed E-state index contributed by atoms with van der Waals surface area (Å²) in [5, 5.41) is 7.64. The molecule has 0 bridgehead atoms. The van der Waals surface area contributed by atoms with Gasteiger partial charge in [0.15, 0.2) is 0 Å². The molecule has 1 saturated carbocycles. The lowest BCUT2D eigenvalue weighted by Gasteiger charge is -2.29. The molecule has 0 aliphatic heterocycles. The zero-order valence-corrected chi connectivity index (χ0v) is 11.6. The van der Waals surface area contributed by atoms with E-state index in [1.165, 1.54) is 0 Å². The van der Waals surface area contributed by atoms with Crippen LogP contribution in [0.1, 0.15) is 36.8 Å². The molecule has 0 radical (unpaired) electrons. The van der Waals surface area contributed by atoms with E-state index in [0.717, 1.165) is 31.2 Å². The fourth-order valence-corrected chi connectivity index (χ4v) is 2.56. The molecule has 104 valence electrons. The summed E-state index contributed by atoms with van der Waals surface area (Å²) in [6, 6.07) is 5.79. The molecule has 2 rings (SSSR count). The van der Waals surface area contributed by atoms with Gasteiger partial charge >= 0.3 is 0 Å². The van der Waals surface area contributed by atoms with Crippen molar-refractivity contribution >= 4 is 5.84 Å². The number of hydrogen-bond donors (Lipinski definition) is 2. The average Bonchev–Trinajstić information content (AvgIpc) is 2.41. The van der Waals surface area contributed by atoms with E-state index in [9.17, 15) is 0 Å². The van der Waals surface area contributed by atoms with E-state index >= 15 is 0 Å². The minimum atomic E-state index is 0.0535. The Balaban J connectivity index is 2.12. The Kier molecular flexibility index (Phi) is 4.43. The van der Waals surface area contributed by atoms with Gasteiger partial charge in [-0.3, -0.25) is 5.41 Å². The maximum absolute atomic E-state index is 7.64. The number of hydrogen-bond acceptors (Lipinski definition) is 3. The summed E-state index contributed by atoms with van der Waals surface area (Å²) in [6.07, 6.45) is 4.59. The summed E-state index contributed by atoms with van der Waals surface area (Å²) < 4.78 is 11.4.